The van der Waals surface area contributed by atoms with Crippen molar-refractivity contribution in [3.05, 3.63) is 41.1 Å². The molecule has 1 aliphatic heterocycles. The summed E-state index contributed by atoms with van der Waals surface area (Å²) in [6.45, 7) is 4.07. The van der Waals surface area contributed by atoms with Crippen LogP contribution in [0.4, 0.5) is 0 Å². The van der Waals surface area contributed by atoms with Gasteiger partial charge in [0.15, 0.2) is 28.2 Å². The van der Waals surface area contributed by atoms with Gasteiger partial charge in [0, 0.05) is 18.7 Å². The van der Waals surface area contributed by atoms with Crippen LogP contribution in [0, 0.1) is 0 Å². The largest absolute Gasteiger partial charge is 0.489 e. The van der Waals surface area contributed by atoms with Crippen LogP contribution >= 0.6 is 23.4 Å². The molecule has 1 aromatic carbocycles. The predicted octanol–water partition coefficient (Wildman–Crippen LogP) is 4.67. The number of ether oxygens (including phenoxy) is 2. The van der Waals surface area contributed by atoms with Gasteiger partial charge in [0.25, 0.3) is 0 Å². The maximum atomic E-state index is 6.37. The monoisotopic (exact) mass is 391 g/mol. The topological polar surface area (TPSA) is 62.3 Å². The number of furan rings is 1. The Labute approximate surface area is 160 Å². The second-order valence-electron chi connectivity index (χ2n) is 5.77. The summed E-state index contributed by atoms with van der Waals surface area (Å²) in [4.78, 5) is 0. The van der Waals surface area contributed by atoms with Crippen LogP contribution in [-0.2, 0) is 12.3 Å². The molecule has 1 aliphatic rings. The molecular formula is C18H18ClN3O3S. The Morgan fingerprint density at radius 2 is 2.12 bits per heavy atom. The maximum Gasteiger partial charge on any atom is 0.200 e. The van der Waals surface area contributed by atoms with E-state index in [2.05, 4.69) is 17.1 Å². The molecule has 4 rings (SSSR count). The lowest BCUT2D eigenvalue weighted by Crippen LogP contribution is -1.99. The van der Waals surface area contributed by atoms with E-state index in [1.807, 2.05) is 28.8 Å². The second-order valence-corrected chi connectivity index (χ2v) is 7.12. The Morgan fingerprint density at radius 1 is 1.23 bits per heavy atom. The van der Waals surface area contributed by atoms with E-state index < -0.39 is 0 Å². The first-order chi connectivity index (χ1) is 12.8. The highest BCUT2D eigenvalue weighted by molar-refractivity contribution is 7.98. The molecule has 26 heavy (non-hydrogen) atoms. The van der Waals surface area contributed by atoms with Crippen LogP contribution in [0.5, 0.6) is 11.5 Å². The zero-order valence-corrected chi connectivity index (χ0v) is 15.8. The van der Waals surface area contributed by atoms with Crippen molar-refractivity contribution < 1.29 is 13.9 Å². The van der Waals surface area contributed by atoms with Crippen LogP contribution in [0.25, 0.3) is 11.6 Å². The molecule has 0 saturated carbocycles. The predicted molar refractivity (Wildman–Crippen MR) is 100 cm³/mol. The van der Waals surface area contributed by atoms with E-state index in [0.29, 0.717) is 41.2 Å². The molecule has 0 bridgehead atoms. The summed E-state index contributed by atoms with van der Waals surface area (Å²) in [5, 5.41) is 9.99. The number of rotatable bonds is 5. The number of hydrogen-bond acceptors (Lipinski definition) is 6. The third-order valence-electron chi connectivity index (χ3n) is 4.00. The molecule has 8 heteroatoms. The van der Waals surface area contributed by atoms with Gasteiger partial charge in [0.1, 0.15) is 0 Å². The lowest BCUT2D eigenvalue weighted by Gasteiger charge is -2.11. The molecule has 0 saturated heterocycles. The number of nitrogens with zero attached hydrogens (tertiary/aromatic N) is 3. The van der Waals surface area contributed by atoms with Gasteiger partial charge in [-0.1, -0.05) is 23.4 Å². The lowest BCUT2D eigenvalue weighted by molar-refractivity contribution is 0.297. The highest BCUT2D eigenvalue weighted by Gasteiger charge is 2.18. The SMILES string of the molecule is CCn1c(SCc2cc(Cl)c3c(c2)OCCCO3)nnc1-c1ccco1. The Hall–Kier alpha value is -2.12. The highest BCUT2D eigenvalue weighted by Crippen LogP contribution is 2.39. The summed E-state index contributed by atoms with van der Waals surface area (Å²) in [5.74, 6) is 3.49. The molecule has 0 aliphatic carbocycles. The van der Waals surface area contributed by atoms with Crippen molar-refractivity contribution in [3.8, 4) is 23.1 Å². The number of fused-ring (bicyclic) bond motifs is 1. The van der Waals surface area contributed by atoms with Crippen LogP contribution in [0.3, 0.4) is 0 Å². The zero-order valence-electron chi connectivity index (χ0n) is 14.3. The number of hydrogen-bond donors (Lipinski definition) is 0. The minimum Gasteiger partial charge on any atom is -0.489 e. The van der Waals surface area contributed by atoms with Gasteiger partial charge in [-0.2, -0.15) is 0 Å². The maximum absolute atomic E-state index is 6.37. The van der Waals surface area contributed by atoms with Gasteiger partial charge in [0.05, 0.1) is 24.5 Å². The Morgan fingerprint density at radius 3 is 2.92 bits per heavy atom. The molecule has 0 unspecified atom stereocenters. The molecular weight excluding hydrogens is 374 g/mol. The van der Waals surface area contributed by atoms with Gasteiger partial charge < -0.3 is 13.9 Å². The minimum absolute atomic E-state index is 0.577. The lowest BCUT2D eigenvalue weighted by atomic mass is 10.2. The summed E-state index contributed by atoms with van der Waals surface area (Å²) in [6, 6.07) is 7.63. The fourth-order valence-corrected chi connectivity index (χ4v) is 4.00. The third kappa shape index (κ3) is 3.41. The van der Waals surface area contributed by atoms with E-state index in [0.717, 1.165) is 29.5 Å². The molecule has 0 spiro atoms. The third-order valence-corrected chi connectivity index (χ3v) is 5.32. The second kappa shape index (κ2) is 7.63. The zero-order chi connectivity index (χ0) is 17.9. The van der Waals surface area contributed by atoms with Crippen molar-refractivity contribution >= 4 is 23.4 Å². The Balaban J connectivity index is 1.55. The summed E-state index contributed by atoms with van der Waals surface area (Å²) < 4.78 is 18.9. The van der Waals surface area contributed by atoms with Gasteiger partial charge in [-0.15, -0.1) is 10.2 Å². The quantitative estimate of drug-likeness (QED) is 0.589. The fourth-order valence-electron chi connectivity index (χ4n) is 2.78. The van der Waals surface area contributed by atoms with Crippen molar-refractivity contribution in [2.45, 2.75) is 30.8 Å². The first-order valence-corrected chi connectivity index (χ1v) is 9.80. The highest BCUT2D eigenvalue weighted by atomic mass is 35.5. The van der Waals surface area contributed by atoms with Crippen LogP contribution < -0.4 is 9.47 Å². The molecule has 0 amide bonds. The van der Waals surface area contributed by atoms with E-state index in [1.54, 1.807) is 18.0 Å². The van der Waals surface area contributed by atoms with Gasteiger partial charge in [0.2, 0.25) is 0 Å². The summed E-state index contributed by atoms with van der Waals surface area (Å²) >= 11 is 7.97. The van der Waals surface area contributed by atoms with E-state index in [-0.39, 0.29) is 0 Å². The minimum atomic E-state index is 0.577. The first kappa shape index (κ1) is 17.3. The number of benzene rings is 1. The van der Waals surface area contributed by atoms with Crippen LogP contribution in [0.2, 0.25) is 5.02 Å². The van der Waals surface area contributed by atoms with Crippen LogP contribution in [0.1, 0.15) is 18.9 Å². The molecule has 3 heterocycles. The van der Waals surface area contributed by atoms with Gasteiger partial charge >= 0.3 is 0 Å². The molecule has 0 atom stereocenters. The molecule has 2 aromatic heterocycles. The van der Waals surface area contributed by atoms with Crippen LogP contribution in [0.15, 0.2) is 40.1 Å². The average molecular weight is 392 g/mol. The Bertz CT molecular complexity index is 895. The molecule has 6 nitrogen and oxygen atoms in total. The fraction of sp³-hybridized carbons (Fsp3) is 0.333. The smallest absolute Gasteiger partial charge is 0.200 e. The van der Waals surface area contributed by atoms with Gasteiger partial charge in [-0.3, -0.25) is 4.57 Å². The van der Waals surface area contributed by atoms with E-state index in [4.69, 9.17) is 25.5 Å². The molecule has 136 valence electrons. The van der Waals surface area contributed by atoms with Gasteiger partial charge in [-0.05, 0) is 36.8 Å². The normalized spacial score (nSPS) is 13.6. The average Bonchev–Trinajstić information content (AvgIpc) is 3.24. The van der Waals surface area contributed by atoms with E-state index in [1.165, 1.54) is 0 Å². The number of aromatic nitrogens is 3. The van der Waals surface area contributed by atoms with E-state index in [9.17, 15) is 0 Å². The van der Waals surface area contributed by atoms with Crippen molar-refractivity contribution in [1.82, 2.24) is 14.8 Å². The molecule has 0 fully saturated rings. The van der Waals surface area contributed by atoms with Crippen LogP contribution in [-0.4, -0.2) is 28.0 Å². The summed E-state index contributed by atoms with van der Waals surface area (Å²) in [6.07, 6.45) is 2.49. The first-order valence-electron chi connectivity index (χ1n) is 8.44. The van der Waals surface area contributed by atoms with Gasteiger partial charge in [-0.25, -0.2) is 0 Å². The number of thioether (sulfide) groups is 1. The Kier molecular flexibility index (Phi) is 5.08. The van der Waals surface area contributed by atoms with Crippen molar-refractivity contribution in [3.63, 3.8) is 0 Å². The standard InChI is InChI=1S/C18H18ClN3O3S/c1-2-22-17(14-5-3-6-23-14)20-21-18(22)26-11-12-9-13(19)16-15(10-12)24-7-4-8-25-16/h3,5-6,9-10H,2,4,7-8,11H2,1H3. The molecule has 0 radical (unpaired) electrons. The summed E-state index contributed by atoms with van der Waals surface area (Å²) in [5.41, 5.74) is 1.05. The van der Waals surface area contributed by atoms with Crippen molar-refractivity contribution in [2.75, 3.05) is 13.2 Å². The van der Waals surface area contributed by atoms with E-state index >= 15 is 0 Å². The van der Waals surface area contributed by atoms with Crippen molar-refractivity contribution in [1.29, 1.82) is 0 Å². The molecule has 0 N–H and O–H groups in total. The van der Waals surface area contributed by atoms with Crippen molar-refractivity contribution in [2.24, 2.45) is 0 Å². The summed E-state index contributed by atoms with van der Waals surface area (Å²) in [7, 11) is 0. The number of halogens is 1. The molecule has 3 aromatic rings.